The third-order valence-electron chi connectivity index (χ3n) is 5.00. The number of amides is 1. The minimum absolute atomic E-state index is 0. The molecular formula is C23H31IN4O. The Morgan fingerprint density at radius 2 is 1.59 bits per heavy atom. The molecule has 1 aliphatic rings. The maximum atomic E-state index is 11.7. The molecule has 0 radical (unpaired) electrons. The largest absolute Gasteiger partial charge is 0.356 e. The van der Waals surface area contributed by atoms with Gasteiger partial charge in [-0.05, 0) is 30.4 Å². The maximum absolute atomic E-state index is 11.7. The van der Waals surface area contributed by atoms with Crippen molar-refractivity contribution in [3.63, 3.8) is 0 Å². The second-order valence-corrected chi connectivity index (χ2v) is 7.24. The Balaban J connectivity index is 0.00000300. The van der Waals surface area contributed by atoms with Gasteiger partial charge in [-0.3, -0.25) is 9.79 Å². The SMILES string of the molecule is CN=C(NCCNC(=O)C1CC1)NCC(Cc1ccccc1)c1ccccc1.I. The molecule has 0 bridgehead atoms. The van der Waals surface area contributed by atoms with Gasteiger partial charge >= 0.3 is 0 Å². The average molecular weight is 506 g/mol. The molecule has 0 aliphatic heterocycles. The summed E-state index contributed by atoms with van der Waals surface area (Å²) < 4.78 is 0. The molecule has 2 aromatic carbocycles. The molecule has 29 heavy (non-hydrogen) atoms. The predicted octanol–water partition coefficient (Wildman–Crippen LogP) is 3.32. The van der Waals surface area contributed by atoms with Crippen LogP contribution in [0.3, 0.4) is 0 Å². The molecule has 1 unspecified atom stereocenters. The number of nitrogens with zero attached hydrogens (tertiary/aromatic N) is 1. The van der Waals surface area contributed by atoms with Crippen molar-refractivity contribution in [2.24, 2.45) is 10.9 Å². The normalized spacial score (nSPS) is 14.4. The van der Waals surface area contributed by atoms with Crippen molar-refractivity contribution in [1.29, 1.82) is 0 Å². The fraction of sp³-hybridized carbons (Fsp3) is 0.391. The average Bonchev–Trinajstić information content (AvgIpc) is 3.59. The Labute approximate surface area is 190 Å². The van der Waals surface area contributed by atoms with Crippen LogP contribution in [-0.2, 0) is 11.2 Å². The molecule has 0 spiro atoms. The van der Waals surface area contributed by atoms with Crippen LogP contribution in [0.15, 0.2) is 65.7 Å². The van der Waals surface area contributed by atoms with Crippen molar-refractivity contribution in [1.82, 2.24) is 16.0 Å². The number of halogens is 1. The Bertz CT molecular complexity index is 763. The number of carbonyl (C=O) groups is 1. The van der Waals surface area contributed by atoms with Crippen molar-refractivity contribution in [2.75, 3.05) is 26.7 Å². The molecule has 0 aromatic heterocycles. The molecular weight excluding hydrogens is 475 g/mol. The van der Waals surface area contributed by atoms with Gasteiger partial charge in [-0.25, -0.2) is 0 Å². The first kappa shape index (κ1) is 23.2. The molecule has 2 aromatic rings. The lowest BCUT2D eigenvalue weighted by molar-refractivity contribution is -0.122. The van der Waals surface area contributed by atoms with E-state index in [2.05, 4.69) is 69.5 Å². The van der Waals surface area contributed by atoms with Gasteiger partial charge in [0.2, 0.25) is 5.91 Å². The van der Waals surface area contributed by atoms with E-state index in [1.165, 1.54) is 11.1 Å². The first-order valence-corrected chi connectivity index (χ1v) is 10.1. The van der Waals surface area contributed by atoms with Gasteiger partial charge in [0, 0.05) is 38.5 Å². The molecule has 1 amide bonds. The molecule has 1 saturated carbocycles. The monoisotopic (exact) mass is 506 g/mol. The third kappa shape index (κ3) is 8.04. The van der Waals surface area contributed by atoms with Crippen molar-refractivity contribution >= 4 is 35.8 Å². The highest BCUT2D eigenvalue weighted by molar-refractivity contribution is 14.0. The van der Waals surface area contributed by atoms with Gasteiger partial charge in [0.05, 0.1) is 0 Å². The summed E-state index contributed by atoms with van der Waals surface area (Å²) in [6.45, 7) is 2.06. The number of rotatable bonds is 9. The lowest BCUT2D eigenvalue weighted by Gasteiger charge is -2.20. The summed E-state index contributed by atoms with van der Waals surface area (Å²) in [7, 11) is 1.77. The smallest absolute Gasteiger partial charge is 0.223 e. The Kier molecular flexibility index (Phi) is 9.97. The summed E-state index contributed by atoms with van der Waals surface area (Å²) in [6.07, 6.45) is 3.03. The minimum atomic E-state index is 0. The van der Waals surface area contributed by atoms with E-state index in [0.29, 0.717) is 19.0 Å². The molecule has 1 atom stereocenters. The minimum Gasteiger partial charge on any atom is -0.356 e. The van der Waals surface area contributed by atoms with Gasteiger partial charge < -0.3 is 16.0 Å². The fourth-order valence-corrected chi connectivity index (χ4v) is 3.23. The van der Waals surface area contributed by atoms with Crippen LogP contribution in [0, 0.1) is 5.92 Å². The van der Waals surface area contributed by atoms with Gasteiger partial charge in [0.15, 0.2) is 5.96 Å². The summed E-state index contributed by atoms with van der Waals surface area (Å²) >= 11 is 0. The second-order valence-electron chi connectivity index (χ2n) is 7.24. The standard InChI is InChI=1S/C23H30N4O.HI/c1-24-23(26-15-14-25-22(28)20-12-13-20)27-17-21(19-10-6-3-7-11-19)16-18-8-4-2-5-9-18;/h2-11,20-21H,12-17H2,1H3,(H,25,28)(H2,24,26,27);1H. The fourth-order valence-electron chi connectivity index (χ4n) is 3.23. The summed E-state index contributed by atoms with van der Waals surface area (Å²) in [5, 5.41) is 9.68. The zero-order valence-corrected chi connectivity index (χ0v) is 19.3. The van der Waals surface area contributed by atoms with Crippen LogP contribution in [0.5, 0.6) is 0 Å². The predicted molar refractivity (Wildman–Crippen MR) is 130 cm³/mol. The van der Waals surface area contributed by atoms with Crippen molar-refractivity contribution in [3.8, 4) is 0 Å². The molecule has 5 nitrogen and oxygen atoms in total. The molecule has 156 valence electrons. The van der Waals surface area contributed by atoms with Crippen LogP contribution in [0.1, 0.15) is 29.9 Å². The van der Waals surface area contributed by atoms with Gasteiger partial charge in [-0.1, -0.05) is 60.7 Å². The highest BCUT2D eigenvalue weighted by Gasteiger charge is 2.28. The maximum Gasteiger partial charge on any atom is 0.223 e. The Morgan fingerprint density at radius 1 is 0.966 bits per heavy atom. The van der Waals surface area contributed by atoms with Crippen molar-refractivity contribution in [2.45, 2.75) is 25.2 Å². The molecule has 3 N–H and O–H groups in total. The number of aliphatic imine (C=N–C) groups is 1. The number of hydrogen-bond acceptors (Lipinski definition) is 2. The number of nitrogens with one attached hydrogen (secondary N) is 3. The van der Waals surface area contributed by atoms with E-state index in [1.54, 1.807) is 7.05 Å². The zero-order chi connectivity index (χ0) is 19.6. The number of guanidine groups is 1. The van der Waals surface area contributed by atoms with Crippen LogP contribution >= 0.6 is 24.0 Å². The number of hydrogen-bond donors (Lipinski definition) is 3. The highest BCUT2D eigenvalue weighted by Crippen LogP contribution is 2.28. The van der Waals surface area contributed by atoms with E-state index < -0.39 is 0 Å². The van der Waals surface area contributed by atoms with Crippen molar-refractivity contribution < 1.29 is 4.79 Å². The molecule has 1 fully saturated rings. The Morgan fingerprint density at radius 3 is 2.21 bits per heavy atom. The summed E-state index contributed by atoms with van der Waals surface area (Å²) in [5.41, 5.74) is 2.63. The second kappa shape index (κ2) is 12.5. The van der Waals surface area contributed by atoms with E-state index in [-0.39, 0.29) is 35.8 Å². The quantitative estimate of drug-likeness (QED) is 0.212. The molecule has 6 heteroatoms. The van der Waals surface area contributed by atoms with Gasteiger partial charge in [0.25, 0.3) is 0 Å². The molecule has 1 aliphatic carbocycles. The van der Waals surface area contributed by atoms with Crippen LogP contribution in [0.2, 0.25) is 0 Å². The van der Waals surface area contributed by atoms with Gasteiger partial charge in [0.1, 0.15) is 0 Å². The highest BCUT2D eigenvalue weighted by atomic mass is 127. The van der Waals surface area contributed by atoms with Gasteiger partial charge in [-0.15, -0.1) is 24.0 Å². The van der Waals surface area contributed by atoms with E-state index in [9.17, 15) is 4.79 Å². The summed E-state index contributed by atoms with van der Waals surface area (Å²) in [6, 6.07) is 21.1. The van der Waals surface area contributed by atoms with Crippen LogP contribution in [0.4, 0.5) is 0 Å². The summed E-state index contributed by atoms with van der Waals surface area (Å²) in [4.78, 5) is 16.0. The lowest BCUT2D eigenvalue weighted by Crippen LogP contribution is -2.43. The topological polar surface area (TPSA) is 65.5 Å². The first-order chi connectivity index (χ1) is 13.8. The van der Waals surface area contributed by atoms with Crippen LogP contribution < -0.4 is 16.0 Å². The van der Waals surface area contributed by atoms with Crippen LogP contribution in [0.25, 0.3) is 0 Å². The number of benzene rings is 2. The van der Waals surface area contributed by atoms with E-state index in [4.69, 9.17) is 0 Å². The van der Waals surface area contributed by atoms with E-state index in [1.807, 2.05) is 12.1 Å². The van der Waals surface area contributed by atoms with Crippen molar-refractivity contribution in [3.05, 3.63) is 71.8 Å². The number of carbonyl (C=O) groups excluding carboxylic acids is 1. The van der Waals surface area contributed by atoms with Gasteiger partial charge in [-0.2, -0.15) is 0 Å². The summed E-state index contributed by atoms with van der Waals surface area (Å²) in [5.74, 6) is 1.53. The zero-order valence-electron chi connectivity index (χ0n) is 16.9. The Hall–Kier alpha value is -2.09. The first-order valence-electron chi connectivity index (χ1n) is 10.1. The molecule has 0 heterocycles. The molecule has 3 rings (SSSR count). The third-order valence-corrected chi connectivity index (χ3v) is 5.00. The van der Waals surface area contributed by atoms with E-state index in [0.717, 1.165) is 31.8 Å². The van der Waals surface area contributed by atoms with Crippen LogP contribution in [-0.4, -0.2) is 38.5 Å². The molecule has 0 saturated heterocycles. The lowest BCUT2D eigenvalue weighted by atomic mass is 9.92. The van der Waals surface area contributed by atoms with E-state index >= 15 is 0 Å².